The predicted molar refractivity (Wildman–Crippen MR) is 67.1 cm³/mol. The van der Waals surface area contributed by atoms with Gasteiger partial charge in [0.15, 0.2) is 5.69 Å². The predicted octanol–water partition coefficient (Wildman–Crippen LogP) is 2.68. The second-order valence-corrected chi connectivity index (χ2v) is 5.77. The molecular formula is C11H16N2O4S. The van der Waals surface area contributed by atoms with Gasteiger partial charge in [-0.2, -0.15) is 0 Å². The molecule has 18 heavy (non-hydrogen) atoms. The molecule has 0 saturated heterocycles. The SMILES string of the molecule is CC(c1nc(C(=O)O)cs1)N(C(=O)O)C(C)(C)C. The van der Waals surface area contributed by atoms with E-state index >= 15 is 0 Å². The zero-order valence-corrected chi connectivity index (χ0v) is 11.5. The molecule has 0 saturated carbocycles. The first kappa shape index (κ1) is 14.4. The van der Waals surface area contributed by atoms with Gasteiger partial charge in [0.1, 0.15) is 5.01 Å². The number of rotatable bonds is 3. The molecular weight excluding hydrogens is 256 g/mol. The van der Waals surface area contributed by atoms with Gasteiger partial charge in [0, 0.05) is 10.9 Å². The van der Waals surface area contributed by atoms with Crippen LogP contribution in [-0.2, 0) is 0 Å². The summed E-state index contributed by atoms with van der Waals surface area (Å²) in [5, 5.41) is 19.9. The molecule has 1 unspecified atom stereocenters. The van der Waals surface area contributed by atoms with Crippen molar-refractivity contribution in [2.75, 3.05) is 0 Å². The molecule has 1 amide bonds. The highest BCUT2D eigenvalue weighted by Crippen LogP contribution is 2.29. The zero-order chi connectivity index (χ0) is 14.1. The molecule has 0 aliphatic rings. The van der Waals surface area contributed by atoms with E-state index in [1.165, 1.54) is 10.3 Å². The van der Waals surface area contributed by atoms with Crippen molar-refractivity contribution in [1.82, 2.24) is 9.88 Å². The first-order chi connectivity index (χ1) is 8.14. The lowest BCUT2D eigenvalue weighted by molar-refractivity contribution is 0.0690. The zero-order valence-electron chi connectivity index (χ0n) is 10.7. The molecule has 0 aliphatic heterocycles. The Bertz CT molecular complexity index is 464. The minimum absolute atomic E-state index is 0.0545. The summed E-state index contributed by atoms with van der Waals surface area (Å²) in [5.74, 6) is -1.11. The van der Waals surface area contributed by atoms with Gasteiger partial charge in [-0.25, -0.2) is 14.6 Å². The van der Waals surface area contributed by atoms with E-state index in [1.54, 1.807) is 27.7 Å². The number of aromatic nitrogens is 1. The molecule has 7 heteroatoms. The number of nitrogens with zero attached hydrogens (tertiary/aromatic N) is 2. The molecule has 2 N–H and O–H groups in total. The van der Waals surface area contributed by atoms with Gasteiger partial charge < -0.3 is 10.2 Å². The van der Waals surface area contributed by atoms with Crippen LogP contribution in [0.2, 0.25) is 0 Å². The fourth-order valence-electron chi connectivity index (χ4n) is 1.72. The Morgan fingerprint density at radius 3 is 2.28 bits per heavy atom. The number of carbonyl (C=O) groups is 2. The highest BCUT2D eigenvalue weighted by Gasteiger charge is 2.33. The molecule has 1 aromatic heterocycles. The molecule has 1 rings (SSSR count). The largest absolute Gasteiger partial charge is 0.476 e. The van der Waals surface area contributed by atoms with Crippen molar-refractivity contribution in [2.45, 2.75) is 39.3 Å². The van der Waals surface area contributed by atoms with Crippen LogP contribution in [0.5, 0.6) is 0 Å². The number of carboxylic acids is 1. The Labute approximate surface area is 109 Å². The van der Waals surface area contributed by atoms with E-state index in [0.29, 0.717) is 5.01 Å². The number of amides is 1. The lowest BCUT2D eigenvalue weighted by Crippen LogP contribution is -2.46. The van der Waals surface area contributed by atoms with Gasteiger partial charge in [-0.05, 0) is 27.7 Å². The summed E-state index contributed by atoms with van der Waals surface area (Å²) in [6.45, 7) is 7.04. The van der Waals surface area contributed by atoms with Crippen molar-refractivity contribution in [3.05, 3.63) is 16.1 Å². The number of carboxylic acid groups (broad SMARTS) is 2. The Hall–Kier alpha value is -1.63. The molecule has 100 valence electrons. The molecule has 0 fully saturated rings. The summed E-state index contributed by atoms with van der Waals surface area (Å²) in [4.78, 5) is 27.2. The van der Waals surface area contributed by atoms with Crippen LogP contribution in [0.3, 0.4) is 0 Å². The lowest BCUT2D eigenvalue weighted by Gasteiger charge is -2.37. The molecule has 0 radical (unpaired) electrons. The standard InChI is InChI=1S/C11H16N2O4S/c1-6(13(10(16)17)11(2,3)4)8-12-7(5-18-8)9(14)15/h5-6H,1-4H3,(H,14,15)(H,16,17). The van der Waals surface area contributed by atoms with Gasteiger partial charge in [0.2, 0.25) is 0 Å². The van der Waals surface area contributed by atoms with Gasteiger partial charge in [-0.1, -0.05) is 0 Å². The second-order valence-electron chi connectivity index (χ2n) is 4.88. The Balaban J connectivity index is 3.06. The molecule has 6 nitrogen and oxygen atoms in total. The highest BCUT2D eigenvalue weighted by molar-refractivity contribution is 7.09. The van der Waals surface area contributed by atoms with Gasteiger partial charge in [-0.15, -0.1) is 11.3 Å². The van der Waals surface area contributed by atoms with Crippen LogP contribution in [0.4, 0.5) is 4.79 Å². The monoisotopic (exact) mass is 272 g/mol. The molecule has 1 atom stereocenters. The average molecular weight is 272 g/mol. The van der Waals surface area contributed by atoms with Crippen LogP contribution in [0.1, 0.15) is 49.2 Å². The van der Waals surface area contributed by atoms with E-state index < -0.39 is 23.6 Å². The van der Waals surface area contributed by atoms with Crippen LogP contribution in [0.15, 0.2) is 5.38 Å². The fraction of sp³-hybridized carbons (Fsp3) is 0.545. The van der Waals surface area contributed by atoms with Crippen molar-refractivity contribution in [2.24, 2.45) is 0 Å². The van der Waals surface area contributed by atoms with Gasteiger partial charge in [0.05, 0.1) is 6.04 Å². The van der Waals surface area contributed by atoms with Gasteiger partial charge in [-0.3, -0.25) is 4.90 Å². The number of hydrogen-bond donors (Lipinski definition) is 2. The summed E-state index contributed by atoms with van der Waals surface area (Å²) in [6, 6.07) is -0.486. The molecule has 0 aliphatic carbocycles. The van der Waals surface area contributed by atoms with Crippen LogP contribution in [0.25, 0.3) is 0 Å². The van der Waals surface area contributed by atoms with Crippen molar-refractivity contribution >= 4 is 23.4 Å². The number of aromatic carboxylic acids is 1. The van der Waals surface area contributed by atoms with E-state index in [1.807, 2.05) is 0 Å². The Morgan fingerprint density at radius 2 is 1.94 bits per heavy atom. The third kappa shape index (κ3) is 2.98. The van der Waals surface area contributed by atoms with E-state index in [-0.39, 0.29) is 5.69 Å². The Kier molecular flexibility index (Phi) is 3.95. The summed E-state index contributed by atoms with van der Waals surface area (Å²) in [6.07, 6.45) is -1.05. The number of hydrogen-bond acceptors (Lipinski definition) is 4. The van der Waals surface area contributed by atoms with Crippen LogP contribution in [-0.4, -0.2) is 37.7 Å². The third-order valence-electron chi connectivity index (χ3n) is 2.41. The second kappa shape index (κ2) is 4.93. The van der Waals surface area contributed by atoms with E-state index in [9.17, 15) is 14.7 Å². The van der Waals surface area contributed by atoms with Gasteiger partial charge >= 0.3 is 12.1 Å². The van der Waals surface area contributed by atoms with Gasteiger partial charge in [0.25, 0.3) is 0 Å². The first-order valence-electron chi connectivity index (χ1n) is 5.35. The maximum Gasteiger partial charge on any atom is 0.408 e. The fourth-order valence-corrected chi connectivity index (χ4v) is 2.56. The molecule has 0 aromatic carbocycles. The highest BCUT2D eigenvalue weighted by atomic mass is 32.1. The third-order valence-corrected chi connectivity index (χ3v) is 3.43. The maximum absolute atomic E-state index is 11.3. The van der Waals surface area contributed by atoms with Crippen molar-refractivity contribution < 1.29 is 19.8 Å². The normalized spacial score (nSPS) is 13.1. The van der Waals surface area contributed by atoms with E-state index in [4.69, 9.17) is 5.11 Å². The lowest BCUT2D eigenvalue weighted by atomic mass is 10.0. The summed E-state index contributed by atoms with van der Waals surface area (Å²) >= 11 is 1.15. The Morgan fingerprint density at radius 1 is 1.39 bits per heavy atom. The van der Waals surface area contributed by atoms with Crippen molar-refractivity contribution in [3.8, 4) is 0 Å². The summed E-state index contributed by atoms with van der Waals surface area (Å²) < 4.78 is 0. The van der Waals surface area contributed by atoms with Crippen LogP contribution < -0.4 is 0 Å². The van der Waals surface area contributed by atoms with Crippen LogP contribution >= 0.6 is 11.3 Å². The van der Waals surface area contributed by atoms with E-state index in [2.05, 4.69) is 4.98 Å². The average Bonchev–Trinajstić information content (AvgIpc) is 2.62. The first-order valence-corrected chi connectivity index (χ1v) is 6.23. The topological polar surface area (TPSA) is 90.7 Å². The van der Waals surface area contributed by atoms with Crippen LogP contribution in [0, 0.1) is 0 Å². The maximum atomic E-state index is 11.3. The molecule has 1 aromatic rings. The summed E-state index contributed by atoms with van der Waals surface area (Å²) in [5.41, 5.74) is -0.638. The van der Waals surface area contributed by atoms with Crippen molar-refractivity contribution in [1.29, 1.82) is 0 Å². The molecule has 1 heterocycles. The number of thiazole rings is 1. The minimum atomic E-state index is -1.11. The molecule has 0 bridgehead atoms. The smallest absolute Gasteiger partial charge is 0.408 e. The quantitative estimate of drug-likeness (QED) is 0.882. The minimum Gasteiger partial charge on any atom is -0.476 e. The van der Waals surface area contributed by atoms with Crippen molar-refractivity contribution in [3.63, 3.8) is 0 Å². The molecule has 0 spiro atoms. The summed E-state index contributed by atoms with van der Waals surface area (Å²) in [7, 11) is 0. The van der Waals surface area contributed by atoms with E-state index in [0.717, 1.165) is 11.3 Å².